The number of phenolic OH excluding ortho intramolecular Hbond substituents is 1. The summed E-state index contributed by atoms with van der Waals surface area (Å²) in [6.07, 6.45) is 1.67. The average molecular weight is 362 g/mol. The second-order valence-corrected chi connectivity index (χ2v) is 8.77. The highest BCUT2D eigenvalue weighted by Gasteiger charge is 2.51. The van der Waals surface area contributed by atoms with Crippen molar-refractivity contribution in [3.63, 3.8) is 0 Å². The molecule has 1 aromatic heterocycles. The fourth-order valence-electron chi connectivity index (χ4n) is 3.59. The second kappa shape index (κ2) is 5.88. The number of aromatic amines is 1. The van der Waals surface area contributed by atoms with Crippen LogP contribution in [0.2, 0.25) is 0 Å². The van der Waals surface area contributed by atoms with Crippen molar-refractivity contribution in [1.82, 2.24) is 4.98 Å². The van der Waals surface area contributed by atoms with Gasteiger partial charge in [-0.05, 0) is 61.2 Å². The van der Waals surface area contributed by atoms with Crippen LogP contribution >= 0.6 is 0 Å². The first-order chi connectivity index (χ1) is 12.7. The highest BCUT2D eigenvalue weighted by Crippen LogP contribution is 2.49. The molecule has 0 aliphatic heterocycles. The third-order valence-electron chi connectivity index (χ3n) is 5.62. The van der Waals surface area contributed by atoms with Gasteiger partial charge in [-0.2, -0.15) is 0 Å². The molecular formula is C23H26N2O2. The maximum Gasteiger partial charge on any atom is 0.235 e. The number of phenols is 1. The molecule has 1 saturated carbocycles. The first-order valence-corrected chi connectivity index (χ1v) is 9.44. The molecule has 140 valence electrons. The Balaban J connectivity index is 1.60. The summed E-state index contributed by atoms with van der Waals surface area (Å²) in [7, 11) is 0. The summed E-state index contributed by atoms with van der Waals surface area (Å²) in [6, 6.07) is 13.6. The van der Waals surface area contributed by atoms with Gasteiger partial charge in [0.1, 0.15) is 5.75 Å². The Morgan fingerprint density at radius 3 is 2.48 bits per heavy atom. The van der Waals surface area contributed by atoms with E-state index in [4.69, 9.17) is 0 Å². The Morgan fingerprint density at radius 2 is 1.85 bits per heavy atom. The zero-order valence-electron chi connectivity index (χ0n) is 16.3. The van der Waals surface area contributed by atoms with E-state index in [1.165, 1.54) is 5.69 Å². The molecule has 1 aliphatic carbocycles. The summed E-state index contributed by atoms with van der Waals surface area (Å²) in [5, 5.41) is 14.0. The van der Waals surface area contributed by atoms with Gasteiger partial charge in [0.05, 0.1) is 5.41 Å². The minimum absolute atomic E-state index is 0.0264. The van der Waals surface area contributed by atoms with Crippen LogP contribution in [-0.2, 0) is 15.6 Å². The van der Waals surface area contributed by atoms with Crippen LogP contribution in [0.25, 0.3) is 10.9 Å². The van der Waals surface area contributed by atoms with Crippen LogP contribution in [0.5, 0.6) is 5.75 Å². The molecule has 0 atom stereocenters. The van der Waals surface area contributed by atoms with Gasteiger partial charge >= 0.3 is 0 Å². The number of aromatic hydroxyl groups is 1. The number of hydrogen-bond donors (Lipinski definition) is 3. The number of aryl methyl sites for hydroxylation is 1. The van der Waals surface area contributed by atoms with Gasteiger partial charge in [-0.25, -0.2) is 0 Å². The lowest BCUT2D eigenvalue weighted by Gasteiger charge is -2.17. The van der Waals surface area contributed by atoms with E-state index in [0.717, 1.165) is 40.6 Å². The molecule has 4 nitrogen and oxygen atoms in total. The van der Waals surface area contributed by atoms with E-state index >= 15 is 0 Å². The number of carbonyl (C=O) groups is 1. The van der Waals surface area contributed by atoms with Crippen molar-refractivity contribution in [2.24, 2.45) is 0 Å². The molecule has 1 fully saturated rings. The minimum Gasteiger partial charge on any atom is -0.508 e. The summed E-state index contributed by atoms with van der Waals surface area (Å²) < 4.78 is 0. The first-order valence-electron chi connectivity index (χ1n) is 9.44. The largest absolute Gasteiger partial charge is 0.508 e. The lowest BCUT2D eigenvalue weighted by molar-refractivity contribution is -0.118. The summed E-state index contributed by atoms with van der Waals surface area (Å²) in [6.45, 7) is 8.39. The fourth-order valence-corrected chi connectivity index (χ4v) is 3.59. The summed E-state index contributed by atoms with van der Waals surface area (Å²) in [5.41, 5.74) is 4.43. The second-order valence-electron chi connectivity index (χ2n) is 8.77. The topological polar surface area (TPSA) is 65.1 Å². The molecule has 0 spiro atoms. The van der Waals surface area contributed by atoms with Gasteiger partial charge in [0.2, 0.25) is 5.91 Å². The first kappa shape index (κ1) is 17.7. The average Bonchev–Trinajstić information content (AvgIpc) is 3.29. The number of amides is 1. The van der Waals surface area contributed by atoms with E-state index in [1.54, 1.807) is 6.07 Å². The number of aromatic nitrogens is 1. The Bertz CT molecular complexity index is 1040. The lowest BCUT2D eigenvalue weighted by Crippen LogP contribution is -2.27. The van der Waals surface area contributed by atoms with Crippen LogP contribution < -0.4 is 5.32 Å². The Labute approximate surface area is 159 Å². The van der Waals surface area contributed by atoms with Crippen LogP contribution in [-0.4, -0.2) is 16.0 Å². The van der Waals surface area contributed by atoms with E-state index in [-0.39, 0.29) is 17.1 Å². The van der Waals surface area contributed by atoms with E-state index < -0.39 is 5.41 Å². The highest BCUT2D eigenvalue weighted by molar-refractivity contribution is 6.02. The minimum atomic E-state index is -0.470. The van der Waals surface area contributed by atoms with Gasteiger partial charge in [-0.1, -0.05) is 32.9 Å². The molecule has 1 aliphatic rings. The molecule has 1 heterocycles. The number of carbonyl (C=O) groups excluding carboxylic acids is 1. The number of fused-ring (bicyclic) bond motifs is 1. The Morgan fingerprint density at radius 1 is 1.11 bits per heavy atom. The molecule has 2 aromatic carbocycles. The molecule has 0 unspecified atom stereocenters. The van der Waals surface area contributed by atoms with Crippen molar-refractivity contribution >= 4 is 22.5 Å². The predicted octanol–water partition coefficient (Wildman–Crippen LogP) is 5.15. The smallest absolute Gasteiger partial charge is 0.235 e. The van der Waals surface area contributed by atoms with E-state index in [9.17, 15) is 9.90 Å². The number of anilines is 1. The molecule has 1 amide bonds. The van der Waals surface area contributed by atoms with Gasteiger partial charge in [0.15, 0.2) is 0 Å². The molecule has 0 saturated heterocycles. The zero-order chi connectivity index (χ0) is 19.4. The van der Waals surface area contributed by atoms with Crippen LogP contribution in [0.4, 0.5) is 5.69 Å². The molecule has 4 heteroatoms. The maximum absolute atomic E-state index is 13.0. The molecule has 0 bridgehead atoms. The molecule has 3 aromatic rings. The monoisotopic (exact) mass is 362 g/mol. The van der Waals surface area contributed by atoms with Crippen molar-refractivity contribution in [1.29, 1.82) is 0 Å². The van der Waals surface area contributed by atoms with Crippen molar-refractivity contribution in [3.05, 3.63) is 59.3 Å². The molecule has 27 heavy (non-hydrogen) atoms. The fraction of sp³-hybridized carbons (Fsp3) is 0.348. The summed E-state index contributed by atoms with van der Waals surface area (Å²) >= 11 is 0. The van der Waals surface area contributed by atoms with E-state index in [1.807, 2.05) is 37.3 Å². The zero-order valence-corrected chi connectivity index (χ0v) is 16.3. The van der Waals surface area contributed by atoms with Crippen molar-refractivity contribution in [2.75, 3.05) is 5.32 Å². The van der Waals surface area contributed by atoms with Crippen LogP contribution in [0.15, 0.2) is 42.5 Å². The Kier molecular flexibility index (Phi) is 3.84. The lowest BCUT2D eigenvalue weighted by atomic mass is 9.92. The Hall–Kier alpha value is -2.75. The molecule has 3 N–H and O–H groups in total. The quantitative estimate of drug-likeness (QED) is 0.603. The van der Waals surface area contributed by atoms with Crippen LogP contribution in [0.1, 0.15) is 50.4 Å². The number of hydrogen-bond acceptors (Lipinski definition) is 2. The van der Waals surface area contributed by atoms with Crippen molar-refractivity contribution in [2.45, 2.75) is 51.4 Å². The number of rotatable bonds is 3. The molecule has 4 rings (SSSR count). The van der Waals surface area contributed by atoms with E-state index in [0.29, 0.717) is 0 Å². The third kappa shape index (κ3) is 3.09. The van der Waals surface area contributed by atoms with E-state index in [2.05, 4.69) is 37.1 Å². The third-order valence-corrected chi connectivity index (χ3v) is 5.62. The van der Waals surface area contributed by atoms with Gasteiger partial charge in [-0.3, -0.25) is 4.79 Å². The predicted molar refractivity (Wildman–Crippen MR) is 109 cm³/mol. The number of nitrogens with one attached hydrogen (secondary N) is 2. The van der Waals surface area contributed by atoms with Gasteiger partial charge in [0.25, 0.3) is 0 Å². The number of H-pyrrole nitrogens is 1. The van der Waals surface area contributed by atoms with Gasteiger partial charge in [-0.15, -0.1) is 0 Å². The normalized spacial score (nSPS) is 15.7. The highest BCUT2D eigenvalue weighted by atomic mass is 16.3. The van der Waals surface area contributed by atoms with Gasteiger partial charge in [0, 0.05) is 27.7 Å². The summed E-state index contributed by atoms with van der Waals surface area (Å²) in [4.78, 5) is 16.5. The SMILES string of the molecule is Cc1cc(C2(C(=O)Nc3ccc4[nH]c(C(C)(C)C)cc4c3)CC2)ccc1O. The number of benzene rings is 2. The standard InChI is InChI=1S/C23H26N2O2/c1-14-11-16(5-8-19(14)26)23(9-10-23)21(27)24-17-6-7-18-15(12-17)13-20(25-18)22(2,3)4/h5-8,11-13,25-26H,9-10H2,1-4H3,(H,24,27). The maximum atomic E-state index is 13.0. The van der Waals surface area contributed by atoms with Crippen LogP contribution in [0, 0.1) is 6.92 Å². The van der Waals surface area contributed by atoms with Crippen LogP contribution in [0.3, 0.4) is 0 Å². The van der Waals surface area contributed by atoms with Gasteiger partial charge < -0.3 is 15.4 Å². The van der Waals surface area contributed by atoms with Crippen molar-refractivity contribution in [3.8, 4) is 5.75 Å². The van der Waals surface area contributed by atoms with Crippen molar-refractivity contribution < 1.29 is 9.90 Å². The summed E-state index contributed by atoms with van der Waals surface area (Å²) in [5.74, 6) is 0.293. The molecule has 0 radical (unpaired) electrons. The molecular weight excluding hydrogens is 336 g/mol.